The Morgan fingerprint density at radius 2 is 2.07 bits per heavy atom. The molecule has 1 atom stereocenters. The lowest BCUT2D eigenvalue weighted by Crippen LogP contribution is -2.28. The van der Waals surface area contributed by atoms with Crippen molar-refractivity contribution in [3.63, 3.8) is 0 Å². The normalized spacial score (nSPS) is 16.2. The number of thiazole rings is 1. The molecule has 0 saturated carbocycles. The number of anilines is 1. The minimum atomic E-state index is -0.309. The fourth-order valence-electron chi connectivity index (χ4n) is 3.55. The summed E-state index contributed by atoms with van der Waals surface area (Å²) in [6.07, 6.45) is 3.19. The van der Waals surface area contributed by atoms with Gasteiger partial charge in [-0.15, -0.1) is 11.3 Å². The van der Waals surface area contributed by atoms with Crippen LogP contribution in [-0.2, 0) is 17.8 Å². The summed E-state index contributed by atoms with van der Waals surface area (Å²) in [5.74, 6) is 0.514. The molecule has 1 aliphatic heterocycles. The molecule has 2 aromatic heterocycles. The predicted octanol–water partition coefficient (Wildman–Crippen LogP) is 2.87. The number of fused-ring (bicyclic) bond motifs is 2. The number of hydrogen-bond donors (Lipinski definition) is 2. The van der Waals surface area contributed by atoms with E-state index in [2.05, 4.69) is 20.6 Å². The summed E-state index contributed by atoms with van der Waals surface area (Å²) in [5.41, 5.74) is 2.01. The monoisotopic (exact) mass is 422 g/mol. The van der Waals surface area contributed by atoms with Crippen LogP contribution in [0.1, 0.15) is 39.0 Å². The Bertz CT molecular complexity index is 1120. The van der Waals surface area contributed by atoms with E-state index in [1.807, 2.05) is 18.2 Å². The minimum Gasteiger partial charge on any atom is -0.454 e. The van der Waals surface area contributed by atoms with Gasteiger partial charge in [0.15, 0.2) is 16.6 Å². The van der Waals surface area contributed by atoms with Crippen LogP contribution in [0.2, 0.25) is 0 Å². The van der Waals surface area contributed by atoms with Crippen molar-refractivity contribution in [1.29, 1.82) is 0 Å². The molecule has 152 valence electrons. The molecule has 8 nitrogen and oxygen atoms in total. The molecule has 3 heterocycles. The van der Waals surface area contributed by atoms with Gasteiger partial charge >= 0.3 is 0 Å². The number of amides is 2. The van der Waals surface area contributed by atoms with E-state index in [-0.39, 0.29) is 24.5 Å². The topological polar surface area (TPSA) is 102 Å². The third-order valence-electron chi connectivity index (χ3n) is 5.06. The SMILES string of the molecule is O=C(Nc1nc2c(s1)CCC2C(=O)NCc1ccccn1)c1ccc2c(c1)OCO2. The molecule has 0 radical (unpaired) electrons. The molecular formula is C21H18N4O4S. The van der Waals surface area contributed by atoms with Crippen LogP contribution >= 0.6 is 11.3 Å². The number of benzene rings is 1. The third-order valence-corrected chi connectivity index (χ3v) is 6.11. The lowest BCUT2D eigenvalue weighted by molar-refractivity contribution is -0.122. The van der Waals surface area contributed by atoms with E-state index < -0.39 is 0 Å². The van der Waals surface area contributed by atoms with Crippen LogP contribution in [0.5, 0.6) is 11.5 Å². The van der Waals surface area contributed by atoms with Crippen LogP contribution < -0.4 is 20.1 Å². The Kier molecular flexibility index (Phi) is 4.80. The van der Waals surface area contributed by atoms with Crippen LogP contribution in [0.25, 0.3) is 0 Å². The van der Waals surface area contributed by atoms with Crippen molar-refractivity contribution in [2.75, 3.05) is 12.1 Å². The zero-order chi connectivity index (χ0) is 20.5. The quantitative estimate of drug-likeness (QED) is 0.656. The van der Waals surface area contributed by atoms with E-state index in [9.17, 15) is 9.59 Å². The molecule has 3 aromatic rings. The van der Waals surface area contributed by atoms with Gasteiger partial charge in [-0.2, -0.15) is 0 Å². The average Bonchev–Trinajstić information content (AvgIpc) is 3.47. The maximum absolute atomic E-state index is 12.7. The number of nitrogens with zero attached hydrogens (tertiary/aromatic N) is 2. The van der Waals surface area contributed by atoms with E-state index in [0.717, 1.165) is 29.1 Å². The molecule has 0 fully saturated rings. The lowest BCUT2D eigenvalue weighted by atomic mass is 10.1. The molecule has 2 aliphatic rings. The van der Waals surface area contributed by atoms with Crippen LogP contribution in [-0.4, -0.2) is 28.6 Å². The molecular weight excluding hydrogens is 404 g/mol. The van der Waals surface area contributed by atoms with Crippen LogP contribution in [0.15, 0.2) is 42.6 Å². The van der Waals surface area contributed by atoms with Crippen molar-refractivity contribution in [1.82, 2.24) is 15.3 Å². The average molecular weight is 422 g/mol. The highest BCUT2D eigenvalue weighted by molar-refractivity contribution is 7.16. The second-order valence-corrected chi connectivity index (χ2v) is 8.06. The van der Waals surface area contributed by atoms with Gasteiger partial charge in [0.1, 0.15) is 0 Å². The maximum atomic E-state index is 12.7. The largest absolute Gasteiger partial charge is 0.454 e. The number of carbonyl (C=O) groups excluding carboxylic acids is 2. The number of aryl methyl sites for hydroxylation is 1. The number of hydrogen-bond acceptors (Lipinski definition) is 7. The Balaban J connectivity index is 1.25. The third kappa shape index (κ3) is 3.59. The van der Waals surface area contributed by atoms with Gasteiger partial charge in [-0.05, 0) is 43.2 Å². The zero-order valence-corrected chi connectivity index (χ0v) is 16.7. The van der Waals surface area contributed by atoms with Crippen molar-refractivity contribution < 1.29 is 19.1 Å². The predicted molar refractivity (Wildman–Crippen MR) is 110 cm³/mol. The summed E-state index contributed by atoms with van der Waals surface area (Å²) in [6, 6.07) is 10.6. The molecule has 0 saturated heterocycles. The maximum Gasteiger partial charge on any atom is 0.257 e. The van der Waals surface area contributed by atoms with Gasteiger partial charge in [0, 0.05) is 16.6 Å². The van der Waals surface area contributed by atoms with Gasteiger partial charge < -0.3 is 14.8 Å². The smallest absolute Gasteiger partial charge is 0.257 e. The second kappa shape index (κ2) is 7.75. The molecule has 2 N–H and O–H groups in total. The lowest BCUT2D eigenvalue weighted by Gasteiger charge is -2.10. The molecule has 1 aliphatic carbocycles. The number of ether oxygens (including phenoxy) is 2. The van der Waals surface area contributed by atoms with E-state index in [4.69, 9.17) is 9.47 Å². The van der Waals surface area contributed by atoms with Gasteiger partial charge in [0.2, 0.25) is 12.7 Å². The van der Waals surface area contributed by atoms with E-state index >= 15 is 0 Å². The van der Waals surface area contributed by atoms with Crippen molar-refractivity contribution in [2.45, 2.75) is 25.3 Å². The Morgan fingerprint density at radius 1 is 1.17 bits per heavy atom. The van der Waals surface area contributed by atoms with Crippen LogP contribution in [0.3, 0.4) is 0 Å². The first kappa shape index (κ1) is 18.6. The fourth-order valence-corrected chi connectivity index (χ4v) is 4.58. The molecule has 1 unspecified atom stereocenters. The van der Waals surface area contributed by atoms with Crippen molar-refractivity contribution >= 4 is 28.3 Å². The molecule has 5 rings (SSSR count). The number of carbonyl (C=O) groups is 2. The summed E-state index contributed by atoms with van der Waals surface area (Å²) in [4.78, 5) is 35.0. The Morgan fingerprint density at radius 3 is 2.93 bits per heavy atom. The summed E-state index contributed by atoms with van der Waals surface area (Å²) in [5, 5.41) is 6.25. The highest BCUT2D eigenvalue weighted by Gasteiger charge is 2.32. The van der Waals surface area contributed by atoms with Crippen molar-refractivity contribution in [3.8, 4) is 11.5 Å². The standard InChI is InChI=1S/C21H18N4O4S/c26-19(12-4-6-15-16(9-12)29-11-28-15)25-21-24-18-14(5-7-17(18)30-21)20(27)23-10-13-3-1-2-8-22-13/h1-4,6,8-9,14H,5,7,10-11H2,(H,23,27)(H,24,25,26). The highest BCUT2D eigenvalue weighted by atomic mass is 32.1. The van der Waals surface area contributed by atoms with Gasteiger partial charge in [0.05, 0.1) is 23.9 Å². The van der Waals surface area contributed by atoms with E-state index in [0.29, 0.717) is 28.7 Å². The minimum absolute atomic E-state index is 0.0710. The second-order valence-electron chi connectivity index (χ2n) is 6.98. The van der Waals surface area contributed by atoms with Gasteiger partial charge in [-0.25, -0.2) is 4.98 Å². The molecule has 30 heavy (non-hydrogen) atoms. The van der Waals surface area contributed by atoms with Crippen molar-refractivity contribution in [2.24, 2.45) is 0 Å². The molecule has 0 spiro atoms. The fraction of sp³-hybridized carbons (Fsp3) is 0.238. The number of rotatable bonds is 5. The first-order valence-electron chi connectivity index (χ1n) is 9.55. The molecule has 1 aromatic carbocycles. The summed E-state index contributed by atoms with van der Waals surface area (Å²) >= 11 is 1.41. The van der Waals surface area contributed by atoms with E-state index in [1.54, 1.807) is 24.4 Å². The van der Waals surface area contributed by atoms with Gasteiger partial charge in [-0.3, -0.25) is 19.9 Å². The first-order chi connectivity index (χ1) is 14.7. The van der Waals surface area contributed by atoms with Gasteiger partial charge in [-0.1, -0.05) is 6.07 Å². The molecule has 2 amide bonds. The number of pyridine rings is 1. The van der Waals surface area contributed by atoms with E-state index in [1.165, 1.54) is 11.3 Å². The number of nitrogens with one attached hydrogen (secondary N) is 2. The van der Waals surface area contributed by atoms with Crippen LogP contribution in [0, 0.1) is 0 Å². The van der Waals surface area contributed by atoms with Crippen molar-refractivity contribution in [3.05, 3.63) is 64.4 Å². The summed E-state index contributed by atoms with van der Waals surface area (Å²) < 4.78 is 10.6. The van der Waals surface area contributed by atoms with Gasteiger partial charge in [0.25, 0.3) is 5.91 Å². The molecule has 0 bridgehead atoms. The van der Waals surface area contributed by atoms with Crippen LogP contribution in [0.4, 0.5) is 5.13 Å². The number of aromatic nitrogens is 2. The summed E-state index contributed by atoms with van der Waals surface area (Å²) in [6.45, 7) is 0.534. The Labute approximate surface area is 176 Å². The highest BCUT2D eigenvalue weighted by Crippen LogP contribution is 2.39. The first-order valence-corrected chi connectivity index (χ1v) is 10.4. The molecule has 9 heteroatoms. The zero-order valence-electron chi connectivity index (χ0n) is 15.9. The Hall–Kier alpha value is -3.46. The summed E-state index contributed by atoms with van der Waals surface area (Å²) in [7, 11) is 0.